The van der Waals surface area contributed by atoms with Crippen LogP contribution in [0.1, 0.15) is 0 Å². The lowest BCUT2D eigenvalue weighted by Crippen LogP contribution is -2.38. The highest BCUT2D eigenvalue weighted by molar-refractivity contribution is 9.10. The van der Waals surface area contributed by atoms with Crippen molar-refractivity contribution in [2.75, 3.05) is 23.3 Å². The summed E-state index contributed by atoms with van der Waals surface area (Å²) in [6.07, 6.45) is 0. The Hall–Kier alpha value is -2.55. The number of hydrogen-bond acceptors (Lipinski definition) is 4. The van der Waals surface area contributed by atoms with Gasteiger partial charge < -0.3 is 10.1 Å². The Balaban J connectivity index is 2.03. The number of benzene rings is 3. The van der Waals surface area contributed by atoms with E-state index in [0.717, 1.165) is 4.31 Å². The molecule has 1 amide bonds. The fourth-order valence-electron chi connectivity index (χ4n) is 2.76. The highest BCUT2D eigenvalue weighted by Crippen LogP contribution is 2.35. The second kappa shape index (κ2) is 9.51. The second-order valence-corrected chi connectivity index (χ2v) is 9.32. The first kappa shape index (κ1) is 22.1. The number of anilines is 2. The standard InChI is InChI=1S/C21H18BrClN2O4S/c1-29-20-12-11-15(23)13-19(20)25(30(27,28)16-7-3-2-4-8-16)14-21(26)24-18-10-6-5-9-17(18)22/h2-13H,14H2,1H3,(H,24,26). The zero-order valence-corrected chi connectivity index (χ0v) is 19.0. The van der Waals surface area contributed by atoms with Gasteiger partial charge in [0, 0.05) is 9.50 Å². The number of methoxy groups -OCH3 is 1. The lowest BCUT2D eigenvalue weighted by Gasteiger charge is -2.26. The number of para-hydroxylation sites is 1. The molecule has 1 N–H and O–H groups in total. The summed E-state index contributed by atoms with van der Waals surface area (Å²) in [7, 11) is -2.66. The first-order chi connectivity index (χ1) is 14.3. The molecule has 6 nitrogen and oxygen atoms in total. The molecule has 3 aromatic rings. The predicted molar refractivity (Wildman–Crippen MR) is 122 cm³/mol. The van der Waals surface area contributed by atoms with Crippen molar-refractivity contribution < 1.29 is 17.9 Å². The zero-order valence-electron chi connectivity index (χ0n) is 15.9. The molecule has 0 aliphatic carbocycles. The van der Waals surface area contributed by atoms with E-state index in [4.69, 9.17) is 16.3 Å². The summed E-state index contributed by atoms with van der Waals surface area (Å²) in [5, 5.41) is 3.03. The minimum absolute atomic E-state index is 0.0423. The topological polar surface area (TPSA) is 75.7 Å². The summed E-state index contributed by atoms with van der Waals surface area (Å²) < 4.78 is 33.8. The fraction of sp³-hybridized carbons (Fsp3) is 0.0952. The Morgan fingerprint density at radius 1 is 1.07 bits per heavy atom. The van der Waals surface area contributed by atoms with Crippen LogP contribution >= 0.6 is 27.5 Å². The average molecular weight is 510 g/mol. The molecule has 0 fully saturated rings. The minimum atomic E-state index is -4.08. The maximum atomic E-state index is 13.4. The average Bonchev–Trinajstić information content (AvgIpc) is 2.74. The smallest absolute Gasteiger partial charge is 0.264 e. The van der Waals surface area contributed by atoms with Crippen LogP contribution in [0.5, 0.6) is 5.75 Å². The number of carbonyl (C=O) groups excluding carboxylic acids is 1. The molecule has 3 rings (SSSR count). The number of amides is 1. The highest BCUT2D eigenvalue weighted by Gasteiger charge is 2.29. The van der Waals surface area contributed by atoms with Gasteiger partial charge in [0.15, 0.2) is 0 Å². The van der Waals surface area contributed by atoms with Crippen LogP contribution in [-0.4, -0.2) is 28.0 Å². The van der Waals surface area contributed by atoms with Gasteiger partial charge in [0.1, 0.15) is 12.3 Å². The van der Waals surface area contributed by atoms with E-state index in [1.165, 1.54) is 25.3 Å². The molecule has 0 aliphatic heterocycles. The van der Waals surface area contributed by atoms with Crippen LogP contribution in [0.4, 0.5) is 11.4 Å². The van der Waals surface area contributed by atoms with E-state index in [1.807, 2.05) is 6.07 Å². The molecule has 3 aromatic carbocycles. The van der Waals surface area contributed by atoms with E-state index < -0.39 is 22.5 Å². The van der Waals surface area contributed by atoms with E-state index in [1.54, 1.807) is 48.5 Å². The van der Waals surface area contributed by atoms with Crippen molar-refractivity contribution >= 4 is 54.8 Å². The van der Waals surface area contributed by atoms with Crippen LogP contribution in [0.2, 0.25) is 5.02 Å². The molecule has 0 radical (unpaired) electrons. The molecule has 0 saturated carbocycles. The van der Waals surface area contributed by atoms with Gasteiger partial charge in [0.05, 0.1) is 23.4 Å². The summed E-state index contributed by atoms with van der Waals surface area (Å²) in [6.45, 7) is -0.477. The number of sulfonamides is 1. The number of nitrogens with one attached hydrogen (secondary N) is 1. The first-order valence-corrected chi connectivity index (χ1v) is 11.4. The number of ether oxygens (including phenoxy) is 1. The largest absolute Gasteiger partial charge is 0.495 e. The van der Waals surface area contributed by atoms with Crippen LogP contribution < -0.4 is 14.4 Å². The molecule has 0 atom stereocenters. The van der Waals surface area contributed by atoms with Gasteiger partial charge in [-0.2, -0.15) is 0 Å². The first-order valence-electron chi connectivity index (χ1n) is 8.78. The van der Waals surface area contributed by atoms with Crippen molar-refractivity contribution in [1.82, 2.24) is 0 Å². The van der Waals surface area contributed by atoms with Crippen molar-refractivity contribution in [2.24, 2.45) is 0 Å². The molecule has 0 aliphatic rings. The Kier molecular flexibility index (Phi) is 7.02. The number of rotatable bonds is 7. The summed E-state index contributed by atoms with van der Waals surface area (Å²) in [5.41, 5.74) is 0.689. The molecule has 0 unspecified atom stereocenters. The van der Waals surface area contributed by atoms with Crippen molar-refractivity contribution in [2.45, 2.75) is 4.90 Å². The molecule has 156 valence electrons. The molecule has 0 bridgehead atoms. The van der Waals surface area contributed by atoms with Gasteiger partial charge in [0.25, 0.3) is 10.0 Å². The van der Waals surface area contributed by atoms with E-state index in [-0.39, 0.29) is 16.3 Å². The molecule has 30 heavy (non-hydrogen) atoms. The van der Waals surface area contributed by atoms with Crippen LogP contribution in [0, 0.1) is 0 Å². The number of hydrogen-bond donors (Lipinski definition) is 1. The van der Waals surface area contributed by atoms with Gasteiger partial charge in [-0.05, 0) is 58.4 Å². The van der Waals surface area contributed by atoms with Crippen LogP contribution in [0.25, 0.3) is 0 Å². The number of carbonyl (C=O) groups is 1. The Morgan fingerprint density at radius 3 is 2.40 bits per heavy atom. The van der Waals surface area contributed by atoms with Gasteiger partial charge in [0.2, 0.25) is 5.91 Å². The molecule has 0 spiro atoms. The van der Waals surface area contributed by atoms with Crippen molar-refractivity contribution in [3.05, 3.63) is 82.3 Å². The zero-order chi connectivity index (χ0) is 21.7. The second-order valence-electron chi connectivity index (χ2n) is 6.17. The SMILES string of the molecule is COc1ccc(Cl)cc1N(CC(=O)Nc1ccccc1Br)S(=O)(=O)c1ccccc1. The van der Waals surface area contributed by atoms with E-state index in [2.05, 4.69) is 21.2 Å². The molecular weight excluding hydrogens is 492 g/mol. The van der Waals surface area contributed by atoms with Crippen LogP contribution in [0.15, 0.2) is 82.2 Å². The monoisotopic (exact) mass is 508 g/mol. The fourth-order valence-corrected chi connectivity index (χ4v) is 4.75. The quantitative estimate of drug-likeness (QED) is 0.489. The minimum Gasteiger partial charge on any atom is -0.495 e. The third-order valence-corrected chi connectivity index (χ3v) is 6.88. The van der Waals surface area contributed by atoms with Crippen molar-refractivity contribution in [1.29, 1.82) is 0 Å². The number of halogens is 2. The van der Waals surface area contributed by atoms with Gasteiger partial charge in [-0.1, -0.05) is 41.9 Å². The molecule has 0 aromatic heterocycles. The highest BCUT2D eigenvalue weighted by atomic mass is 79.9. The number of nitrogens with zero attached hydrogens (tertiary/aromatic N) is 1. The summed E-state index contributed by atoms with van der Waals surface area (Å²) in [5.74, 6) is -0.254. The third-order valence-electron chi connectivity index (χ3n) is 4.18. The maximum Gasteiger partial charge on any atom is 0.264 e. The van der Waals surface area contributed by atoms with Gasteiger partial charge >= 0.3 is 0 Å². The molecule has 9 heteroatoms. The van der Waals surface area contributed by atoms with Crippen molar-refractivity contribution in [3.8, 4) is 5.75 Å². The van der Waals surface area contributed by atoms with E-state index >= 15 is 0 Å². The summed E-state index contributed by atoms with van der Waals surface area (Å²) in [6, 6.07) is 19.5. The lowest BCUT2D eigenvalue weighted by atomic mass is 10.3. The van der Waals surface area contributed by atoms with Crippen LogP contribution in [0.3, 0.4) is 0 Å². The predicted octanol–water partition coefficient (Wildman–Crippen LogP) is 4.95. The normalized spacial score (nSPS) is 11.0. The molecule has 0 saturated heterocycles. The Morgan fingerprint density at radius 2 is 1.73 bits per heavy atom. The van der Waals surface area contributed by atoms with E-state index in [9.17, 15) is 13.2 Å². The van der Waals surface area contributed by atoms with Gasteiger partial charge in [-0.25, -0.2) is 8.42 Å². The van der Waals surface area contributed by atoms with Crippen LogP contribution in [-0.2, 0) is 14.8 Å². The Labute approximate surface area is 188 Å². The van der Waals surface area contributed by atoms with E-state index in [0.29, 0.717) is 15.2 Å². The summed E-state index contributed by atoms with van der Waals surface area (Å²) >= 11 is 9.48. The maximum absolute atomic E-state index is 13.4. The Bertz CT molecular complexity index is 1160. The van der Waals surface area contributed by atoms with Crippen molar-refractivity contribution in [3.63, 3.8) is 0 Å². The van der Waals surface area contributed by atoms with Gasteiger partial charge in [-0.3, -0.25) is 9.10 Å². The summed E-state index contributed by atoms with van der Waals surface area (Å²) in [4.78, 5) is 12.8. The molecular formula is C21H18BrClN2O4S. The lowest BCUT2D eigenvalue weighted by molar-refractivity contribution is -0.114. The molecule has 0 heterocycles. The third kappa shape index (κ3) is 4.95. The van der Waals surface area contributed by atoms with Gasteiger partial charge in [-0.15, -0.1) is 0 Å².